The maximum absolute atomic E-state index is 11.8. The molecular weight excluding hydrogens is 246 g/mol. The van der Waals surface area contributed by atoms with Gasteiger partial charge in [-0.15, -0.1) is 0 Å². The molecule has 2 atom stereocenters. The zero-order chi connectivity index (χ0) is 14.0. The molecule has 0 bridgehead atoms. The van der Waals surface area contributed by atoms with E-state index in [2.05, 4.69) is 9.97 Å². The first kappa shape index (κ1) is 13.7. The number of esters is 1. The molecule has 104 valence electrons. The van der Waals surface area contributed by atoms with Gasteiger partial charge in [0.15, 0.2) is 0 Å². The highest BCUT2D eigenvalue weighted by molar-refractivity contribution is 5.94. The molecule has 1 fully saturated rings. The lowest BCUT2D eigenvalue weighted by molar-refractivity contribution is 0.0600. The van der Waals surface area contributed by atoms with Crippen molar-refractivity contribution in [2.45, 2.75) is 32.4 Å². The Kier molecular flexibility index (Phi) is 3.99. The first-order valence-electron chi connectivity index (χ1n) is 6.31. The van der Waals surface area contributed by atoms with Crippen molar-refractivity contribution in [1.29, 1.82) is 0 Å². The molecule has 0 aliphatic carbocycles. The number of hydrogen-bond acceptors (Lipinski definition) is 6. The van der Waals surface area contributed by atoms with E-state index < -0.39 is 5.97 Å². The lowest BCUT2D eigenvalue weighted by Crippen LogP contribution is -2.38. The van der Waals surface area contributed by atoms with Crippen molar-refractivity contribution in [3.05, 3.63) is 17.6 Å². The van der Waals surface area contributed by atoms with Gasteiger partial charge in [-0.25, -0.2) is 14.8 Å². The van der Waals surface area contributed by atoms with Crippen LogP contribution in [0, 0.1) is 6.92 Å². The van der Waals surface area contributed by atoms with E-state index >= 15 is 0 Å². The summed E-state index contributed by atoms with van der Waals surface area (Å²) in [5.41, 5.74) is 0.384. The highest BCUT2D eigenvalue weighted by atomic mass is 16.5. The lowest BCUT2D eigenvalue weighted by Gasteiger charge is -2.28. The largest absolute Gasteiger partial charge is 0.465 e. The molecule has 0 saturated carbocycles. The Hall–Kier alpha value is -1.69. The van der Waals surface area contributed by atoms with Gasteiger partial charge < -0.3 is 14.4 Å². The molecule has 0 N–H and O–H groups in total. The van der Waals surface area contributed by atoms with Crippen molar-refractivity contribution in [3.8, 4) is 0 Å². The van der Waals surface area contributed by atoms with Crippen LogP contribution in [-0.4, -0.2) is 48.8 Å². The van der Waals surface area contributed by atoms with E-state index in [1.54, 1.807) is 6.92 Å². The molecule has 2 rings (SSSR count). The molecule has 1 aliphatic rings. The van der Waals surface area contributed by atoms with Crippen molar-refractivity contribution in [2.75, 3.05) is 25.7 Å². The van der Waals surface area contributed by atoms with Gasteiger partial charge in [-0.3, -0.25) is 0 Å². The average molecular weight is 265 g/mol. The normalized spacial score (nSPS) is 22.3. The number of rotatable bonds is 3. The topological polar surface area (TPSA) is 64.5 Å². The van der Waals surface area contributed by atoms with Crippen molar-refractivity contribution in [2.24, 2.45) is 0 Å². The number of anilines is 1. The van der Waals surface area contributed by atoms with Gasteiger partial charge in [-0.2, -0.15) is 0 Å². The Morgan fingerprint density at radius 1 is 1.58 bits per heavy atom. The fourth-order valence-corrected chi connectivity index (χ4v) is 2.37. The van der Waals surface area contributed by atoms with Crippen LogP contribution in [0.1, 0.15) is 29.5 Å². The van der Waals surface area contributed by atoms with Crippen LogP contribution in [-0.2, 0) is 9.47 Å². The highest BCUT2D eigenvalue weighted by Crippen LogP contribution is 2.25. The van der Waals surface area contributed by atoms with Crippen LogP contribution < -0.4 is 4.90 Å². The molecule has 6 nitrogen and oxygen atoms in total. The monoisotopic (exact) mass is 265 g/mol. The minimum atomic E-state index is -0.423. The van der Waals surface area contributed by atoms with E-state index in [-0.39, 0.29) is 12.1 Å². The van der Waals surface area contributed by atoms with Crippen LogP contribution in [0.3, 0.4) is 0 Å². The number of aryl methyl sites for hydroxylation is 1. The number of methoxy groups -OCH3 is 1. The number of hydrogen-bond donors (Lipinski definition) is 0. The SMILES string of the molecule is COC(=O)c1cnc(C)nc1N(C)C1CCOC1C. The van der Waals surface area contributed by atoms with Crippen LogP contribution >= 0.6 is 0 Å². The van der Waals surface area contributed by atoms with Gasteiger partial charge in [0.2, 0.25) is 0 Å². The van der Waals surface area contributed by atoms with E-state index in [0.717, 1.165) is 13.0 Å². The van der Waals surface area contributed by atoms with Crippen LogP contribution in [0.5, 0.6) is 0 Å². The molecule has 0 radical (unpaired) electrons. The van der Waals surface area contributed by atoms with Gasteiger partial charge in [0, 0.05) is 19.9 Å². The minimum absolute atomic E-state index is 0.116. The standard InChI is InChI=1S/C13H19N3O3/c1-8-11(5-6-19-8)16(3)12-10(13(17)18-4)7-14-9(2)15-12/h7-8,11H,5-6H2,1-4H3. The molecule has 19 heavy (non-hydrogen) atoms. The summed E-state index contributed by atoms with van der Waals surface area (Å²) in [6, 6.07) is 0.206. The fourth-order valence-electron chi connectivity index (χ4n) is 2.37. The molecule has 1 saturated heterocycles. The smallest absolute Gasteiger partial charge is 0.343 e. The van der Waals surface area contributed by atoms with E-state index in [9.17, 15) is 4.79 Å². The number of carbonyl (C=O) groups is 1. The summed E-state index contributed by atoms with van der Waals surface area (Å²) in [7, 11) is 3.28. The minimum Gasteiger partial charge on any atom is -0.465 e. The average Bonchev–Trinajstić information content (AvgIpc) is 2.83. The van der Waals surface area contributed by atoms with Crippen molar-refractivity contribution in [3.63, 3.8) is 0 Å². The summed E-state index contributed by atoms with van der Waals surface area (Å²) >= 11 is 0. The second-order valence-corrected chi connectivity index (χ2v) is 4.69. The predicted molar refractivity (Wildman–Crippen MR) is 70.3 cm³/mol. The van der Waals surface area contributed by atoms with Gasteiger partial charge in [0.05, 0.1) is 19.3 Å². The number of ether oxygens (including phenoxy) is 2. The lowest BCUT2D eigenvalue weighted by atomic mass is 10.1. The number of carbonyl (C=O) groups excluding carboxylic acids is 1. The van der Waals surface area contributed by atoms with Gasteiger partial charge in [-0.1, -0.05) is 0 Å². The fraction of sp³-hybridized carbons (Fsp3) is 0.615. The molecule has 1 aromatic heterocycles. The Labute approximate surface area is 112 Å². The Balaban J connectivity index is 2.36. The third-order valence-corrected chi connectivity index (χ3v) is 3.46. The van der Waals surface area contributed by atoms with Gasteiger partial charge in [0.25, 0.3) is 0 Å². The number of nitrogens with zero attached hydrogens (tertiary/aromatic N) is 3. The molecule has 2 unspecified atom stereocenters. The second-order valence-electron chi connectivity index (χ2n) is 4.69. The predicted octanol–water partition coefficient (Wildman–Crippen LogP) is 1.19. The molecule has 0 spiro atoms. The van der Waals surface area contributed by atoms with E-state index in [1.807, 2.05) is 18.9 Å². The van der Waals surface area contributed by atoms with Crippen LogP contribution in [0.4, 0.5) is 5.82 Å². The summed E-state index contributed by atoms with van der Waals surface area (Å²) in [6.07, 6.45) is 2.55. The maximum Gasteiger partial charge on any atom is 0.343 e. The number of likely N-dealkylation sites (N-methyl/N-ethyl adjacent to an activating group) is 1. The molecular formula is C13H19N3O3. The van der Waals surface area contributed by atoms with Crippen molar-refractivity contribution >= 4 is 11.8 Å². The third-order valence-electron chi connectivity index (χ3n) is 3.46. The van der Waals surface area contributed by atoms with Crippen LogP contribution in [0.25, 0.3) is 0 Å². The zero-order valence-electron chi connectivity index (χ0n) is 11.7. The Morgan fingerprint density at radius 3 is 2.89 bits per heavy atom. The third kappa shape index (κ3) is 2.68. The summed E-state index contributed by atoms with van der Waals surface area (Å²) in [5.74, 6) is 0.802. The Bertz CT molecular complexity index is 478. The van der Waals surface area contributed by atoms with Crippen LogP contribution in [0.2, 0.25) is 0 Å². The molecule has 1 aliphatic heterocycles. The summed E-state index contributed by atoms with van der Waals surface area (Å²) < 4.78 is 10.3. The Morgan fingerprint density at radius 2 is 2.32 bits per heavy atom. The second kappa shape index (κ2) is 5.52. The van der Waals surface area contributed by atoms with Crippen molar-refractivity contribution in [1.82, 2.24) is 9.97 Å². The molecule has 6 heteroatoms. The van der Waals surface area contributed by atoms with Gasteiger partial charge in [-0.05, 0) is 20.3 Å². The highest BCUT2D eigenvalue weighted by Gasteiger charge is 2.31. The van der Waals surface area contributed by atoms with Crippen LogP contribution in [0.15, 0.2) is 6.20 Å². The van der Waals surface area contributed by atoms with Gasteiger partial charge >= 0.3 is 5.97 Å². The molecule has 0 aromatic carbocycles. The summed E-state index contributed by atoms with van der Waals surface area (Å²) in [4.78, 5) is 22.2. The van der Waals surface area contributed by atoms with Gasteiger partial charge in [0.1, 0.15) is 17.2 Å². The van der Waals surface area contributed by atoms with E-state index in [0.29, 0.717) is 17.2 Å². The first-order chi connectivity index (χ1) is 9.04. The quantitative estimate of drug-likeness (QED) is 0.765. The first-order valence-corrected chi connectivity index (χ1v) is 6.31. The summed E-state index contributed by atoms with van der Waals surface area (Å²) in [6.45, 7) is 4.56. The van der Waals surface area contributed by atoms with E-state index in [4.69, 9.17) is 9.47 Å². The van der Waals surface area contributed by atoms with E-state index in [1.165, 1.54) is 13.3 Å². The summed E-state index contributed by atoms with van der Waals surface area (Å²) in [5, 5.41) is 0. The maximum atomic E-state index is 11.8. The number of aromatic nitrogens is 2. The molecule has 0 amide bonds. The molecule has 1 aromatic rings. The van der Waals surface area contributed by atoms with Crippen molar-refractivity contribution < 1.29 is 14.3 Å². The zero-order valence-corrected chi connectivity index (χ0v) is 11.7. The molecule has 2 heterocycles.